The number of hydrogen-bond donors (Lipinski definition) is 2. The minimum absolute atomic E-state index is 0.243. The minimum atomic E-state index is -0.669. The van der Waals surface area contributed by atoms with E-state index in [2.05, 4.69) is 25.9 Å². The molecule has 1 aliphatic rings. The second-order valence-electron chi connectivity index (χ2n) is 7.34. The van der Waals surface area contributed by atoms with Gasteiger partial charge in [-0.05, 0) is 60.2 Å². The van der Waals surface area contributed by atoms with Gasteiger partial charge in [0.15, 0.2) is 0 Å². The summed E-state index contributed by atoms with van der Waals surface area (Å²) in [6.45, 7) is 1.06. The Labute approximate surface area is 172 Å². The molecule has 0 atom stereocenters. The monoisotopic (exact) mass is 408 g/mol. The van der Waals surface area contributed by atoms with Crippen LogP contribution in [0.4, 0.5) is 10.1 Å². The first kappa shape index (κ1) is 19.7. The molecule has 154 valence electrons. The van der Waals surface area contributed by atoms with Gasteiger partial charge in [0, 0.05) is 24.3 Å². The molecule has 1 aromatic heterocycles. The summed E-state index contributed by atoms with van der Waals surface area (Å²) in [5.74, 6) is -0.639. The second kappa shape index (κ2) is 8.81. The quantitative estimate of drug-likeness (QED) is 0.646. The number of piperidine rings is 1. The van der Waals surface area contributed by atoms with E-state index < -0.39 is 11.8 Å². The molecular weight excluding hydrogens is 387 g/mol. The zero-order chi connectivity index (χ0) is 20.9. The molecule has 2 amide bonds. The van der Waals surface area contributed by atoms with E-state index in [9.17, 15) is 14.0 Å². The van der Waals surface area contributed by atoms with Gasteiger partial charge in [0.25, 0.3) is 0 Å². The number of anilines is 1. The molecule has 3 aromatic rings. The van der Waals surface area contributed by atoms with Crippen molar-refractivity contribution in [1.82, 2.24) is 25.5 Å². The summed E-state index contributed by atoms with van der Waals surface area (Å²) >= 11 is 0. The van der Waals surface area contributed by atoms with E-state index in [0.29, 0.717) is 36.1 Å². The van der Waals surface area contributed by atoms with Crippen molar-refractivity contribution < 1.29 is 14.0 Å². The normalized spacial score (nSPS) is 14.5. The number of aromatic nitrogens is 4. The summed E-state index contributed by atoms with van der Waals surface area (Å²) in [7, 11) is 0. The zero-order valence-electron chi connectivity index (χ0n) is 16.2. The highest BCUT2D eigenvalue weighted by atomic mass is 19.1. The van der Waals surface area contributed by atoms with Crippen LogP contribution in [0, 0.1) is 11.7 Å². The predicted octanol–water partition coefficient (Wildman–Crippen LogP) is 2.43. The van der Waals surface area contributed by atoms with E-state index in [1.165, 1.54) is 12.1 Å². The van der Waals surface area contributed by atoms with Gasteiger partial charge in [0.1, 0.15) is 5.82 Å². The van der Waals surface area contributed by atoms with Gasteiger partial charge in [-0.3, -0.25) is 9.59 Å². The van der Waals surface area contributed by atoms with Crippen molar-refractivity contribution >= 4 is 17.5 Å². The fraction of sp³-hybridized carbons (Fsp3) is 0.286. The molecule has 0 unspecified atom stereocenters. The van der Waals surface area contributed by atoms with Gasteiger partial charge >= 0.3 is 11.8 Å². The van der Waals surface area contributed by atoms with Gasteiger partial charge in [0.05, 0.1) is 0 Å². The number of carbonyl (C=O) groups excluding carboxylic acids is 2. The van der Waals surface area contributed by atoms with E-state index in [-0.39, 0.29) is 5.82 Å². The Morgan fingerprint density at radius 1 is 1.13 bits per heavy atom. The number of rotatable bonds is 4. The van der Waals surface area contributed by atoms with Crippen LogP contribution in [0.2, 0.25) is 0 Å². The molecule has 2 aromatic carbocycles. The number of nitrogens with zero attached hydrogens (tertiary/aromatic N) is 4. The molecule has 1 aliphatic heterocycles. The highest BCUT2D eigenvalue weighted by Crippen LogP contribution is 2.23. The Kier molecular flexibility index (Phi) is 5.78. The van der Waals surface area contributed by atoms with E-state index >= 15 is 0 Å². The molecule has 1 saturated heterocycles. The van der Waals surface area contributed by atoms with Gasteiger partial charge in [0.2, 0.25) is 5.82 Å². The number of halogens is 1. The fourth-order valence-corrected chi connectivity index (χ4v) is 3.64. The maximum absolute atomic E-state index is 13.0. The highest BCUT2D eigenvalue weighted by Gasteiger charge is 2.27. The average Bonchev–Trinajstić information content (AvgIpc) is 3.31. The van der Waals surface area contributed by atoms with Gasteiger partial charge in [-0.1, -0.05) is 24.3 Å². The molecule has 1 fully saturated rings. The highest BCUT2D eigenvalue weighted by molar-refractivity contribution is 6.39. The maximum atomic E-state index is 13.0. The SMILES string of the molecule is O=C(Nc1cccc(-c2nn[nH]n2)c1)C(=O)N1CCC(Cc2ccc(F)cc2)CC1. The number of hydrogen-bond acceptors (Lipinski definition) is 5. The molecule has 8 nitrogen and oxygen atoms in total. The Balaban J connectivity index is 1.30. The van der Waals surface area contributed by atoms with Gasteiger partial charge < -0.3 is 10.2 Å². The molecule has 0 bridgehead atoms. The summed E-state index contributed by atoms with van der Waals surface area (Å²) < 4.78 is 13.0. The molecule has 0 aliphatic carbocycles. The Bertz CT molecular complexity index is 1010. The molecule has 0 saturated carbocycles. The topological polar surface area (TPSA) is 104 Å². The second-order valence-corrected chi connectivity index (χ2v) is 7.34. The molecule has 0 radical (unpaired) electrons. The van der Waals surface area contributed by atoms with E-state index in [1.54, 1.807) is 41.3 Å². The van der Waals surface area contributed by atoms with Crippen LogP contribution < -0.4 is 5.32 Å². The third kappa shape index (κ3) is 4.68. The van der Waals surface area contributed by atoms with Crippen LogP contribution in [-0.2, 0) is 16.0 Å². The van der Waals surface area contributed by atoms with Crippen LogP contribution in [0.25, 0.3) is 11.4 Å². The third-order valence-corrected chi connectivity index (χ3v) is 5.26. The van der Waals surface area contributed by atoms with Crippen LogP contribution in [-0.4, -0.2) is 50.4 Å². The number of tetrazole rings is 1. The molecule has 2 N–H and O–H groups in total. The number of likely N-dealkylation sites (tertiary alicyclic amines) is 1. The summed E-state index contributed by atoms with van der Waals surface area (Å²) in [6.07, 6.45) is 2.46. The van der Waals surface area contributed by atoms with Crippen molar-refractivity contribution in [3.63, 3.8) is 0 Å². The minimum Gasteiger partial charge on any atom is -0.334 e. The molecule has 9 heteroatoms. The number of H-pyrrole nitrogens is 1. The standard InChI is InChI=1S/C21H21FN6O2/c22-17-6-4-14(5-7-17)12-15-8-10-28(11-9-15)21(30)20(29)23-18-3-1-2-16(13-18)19-24-26-27-25-19/h1-7,13,15H,8-12H2,(H,23,29)(H,24,25,26,27). The lowest BCUT2D eigenvalue weighted by Gasteiger charge is -2.31. The van der Waals surface area contributed by atoms with E-state index in [4.69, 9.17) is 0 Å². The van der Waals surface area contributed by atoms with Crippen molar-refractivity contribution in [3.8, 4) is 11.4 Å². The first-order valence-corrected chi connectivity index (χ1v) is 9.77. The lowest BCUT2D eigenvalue weighted by atomic mass is 9.90. The Morgan fingerprint density at radius 2 is 1.90 bits per heavy atom. The summed E-state index contributed by atoms with van der Waals surface area (Å²) in [5, 5.41) is 16.3. The Morgan fingerprint density at radius 3 is 2.60 bits per heavy atom. The van der Waals surface area contributed by atoms with Crippen molar-refractivity contribution in [1.29, 1.82) is 0 Å². The summed E-state index contributed by atoms with van der Waals surface area (Å²) in [5.41, 5.74) is 2.25. The first-order valence-electron chi connectivity index (χ1n) is 9.77. The van der Waals surface area contributed by atoms with Crippen molar-refractivity contribution in [3.05, 3.63) is 59.9 Å². The lowest BCUT2D eigenvalue weighted by molar-refractivity contribution is -0.144. The number of amides is 2. The van der Waals surface area contributed by atoms with Gasteiger partial charge in [-0.25, -0.2) is 4.39 Å². The van der Waals surface area contributed by atoms with E-state index in [1.807, 2.05) is 0 Å². The molecule has 4 rings (SSSR count). The van der Waals surface area contributed by atoms with Crippen LogP contribution in [0.3, 0.4) is 0 Å². The fourth-order valence-electron chi connectivity index (χ4n) is 3.64. The molecular formula is C21H21FN6O2. The summed E-state index contributed by atoms with van der Waals surface area (Å²) in [6, 6.07) is 13.4. The molecule has 30 heavy (non-hydrogen) atoms. The van der Waals surface area contributed by atoms with E-state index in [0.717, 1.165) is 24.8 Å². The van der Waals surface area contributed by atoms with Crippen LogP contribution in [0.15, 0.2) is 48.5 Å². The summed E-state index contributed by atoms with van der Waals surface area (Å²) in [4.78, 5) is 26.6. The lowest BCUT2D eigenvalue weighted by Crippen LogP contribution is -2.44. The molecule has 0 spiro atoms. The largest absolute Gasteiger partial charge is 0.334 e. The third-order valence-electron chi connectivity index (χ3n) is 5.26. The zero-order valence-corrected chi connectivity index (χ0v) is 16.2. The van der Waals surface area contributed by atoms with Crippen molar-refractivity contribution in [2.75, 3.05) is 18.4 Å². The average molecular weight is 408 g/mol. The van der Waals surface area contributed by atoms with Crippen LogP contribution in [0.5, 0.6) is 0 Å². The smallest absolute Gasteiger partial charge is 0.313 e. The van der Waals surface area contributed by atoms with Gasteiger partial charge in [-0.15, -0.1) is 10.2 Å². The predicted molar refractivity (Wildman–Crippen MR) is 108 cm³/mol. The number of carbonyl (C=O) groups is 2. The Hall–Kier alpha value is -3.62. The van der Waals surface area contributed by atoms with Crippen molar-refractivity contribution in [2.24, 2.45) is 5.92 Å². The molecule has 2 heterocycles. The number of aromatic amines is 1. The van der Waals surface area contributed by atoms with Gasteiger partial charge in [-0.2, -0.15) is 5.21 Å². The number of benzene rings is 2. The number of nitrogens with one attached hydrogen (secondary N) is 2. The van der Waals surface area contributed by atoms with Crippen LogP contribution >= 0.6 is 0 Å². The maximum Gasteiger partial charge on any atom is 0.313 e. The first-order chi connectivity index (χ1) is 14.6. The van der Waals surface area contributed by atoms with Crippen LogP contribution in [0.1, 0.15) is 18.4 Å². The van der Waals surface area contributed by atoms with Crippen molar-refractivity contribution in [2.45, 2.75) is 19.3 Å².